The molecule has 0 aliphatic carbocycles. The number of ether oxygens (including phenoxy) is 1. The predicted molar refractivity (Wildman–Crippen MR) is 117 cm³/mol. The molecule has 0 spiro atoms. The number of amides is 1. The highest BCUT2D eigenvalue weighted by molar-refractivity contribution is 5.98. The molecule has 1 saturated heterocycles. The number of hydrogen-bond acceptors (Lipinski definition) is 4. The average Bonchev–Trinajstić information content (AvgIpc) is 3.13. The van der Waals surface area contributed by atoms with Crippen molar-refractivity contribution in [1.29, 1.82) is 0 Å². The van der Waals surface area contributed by atoms with Crippen LogP contribution in [0.4, 0.5) is 0 Å². The maximum atomic E-state index is 12.6. The lowest BCUT2D eigenvalue weighted by atomic mass is 9.95. The fourth-order valence-electron chi connectivity index (χ4n) is 3.57. The third-order valence-electron chi connectivity index (χ3n) is 5.16. The summed E-state index contributed by atoms with van der Waals surface area (Å²) in [5, 5.41) is 0. The van der Waals surface area contributed by atoms with Crippen molar-refractivity contribution in [3.63, 3.8) is 0 Å². The van der Waals surface area contributed by atoms with Crippen LogP contribution >= 0.6 is 12.4 Å². The molecule has 1 heterocycles. The maximum Gasteiger partial charge on any atom is 0.223 e. The van der Waals surface area contributed by atoms with Gasteiger partial charge in [0.15, 0.2) is 5.78 Å². The molecule has 0 radical (unpaired) electrons. The smallest absolute Gasteiger partial charge is 0.223 e. The van der Waals surface area contributed by atoms with E-state index in [4.69, 9.17) is 10.5 Å². The second-order valence-electron chi connectivity index (χ2n) is 7.28. The lowest BCUT2D eigenvalue weighted by Crippen LogP contribution is -2.32. The van der Waals surface area contributed by atoms with Crippen molar-refractivity contribution in [3.05, 3.63) is 65.7 Å². The standard InChI is InChI=1S/C23H28N2O3.ClH/c1-2-14-28-19-10-8-18(9-11-19)22(26)12-13-23(27)25-15-20(21(24)16-25)17-6-4-3-5-7-17;/h3-11,20-21H,2,12-16,24H2,1H3;1H/t20-,21+;/m0./s1. The predicted octanol–water partition coefficient (Wildman–Crippen LogP) is 3.81. The Morgan fingerprint density at radius 2 is 1.72 bits per heavy atom. The van der Waals surface area contributed by atoms with Gasteiger partial charge in [-0.1, -0.05) is 37.3 Å². The Hall–Kier alpha value is -2.37. The Labute approximate surface area is 178 Å². The van der Waals surface area contributed by atoms with E-state index in [2.05, 4.69) is 12.1 Å². The lowest BCUT2D eigenvalue weighted by Gasteiger charge is -2.16. The zero-order valence-corrected chi connectivity index (χ0v) is 17.6. The number of hydrogen-bond donors (Lipinski definition) is 1. The summed E-state index contributed by atoms with van der Waals surface area (Å²) < 4.78 is 5.53. The van der Waals surface area contributed by atoms with E-state index in [0.29, 0.717) is 25.3 Å². The molecule has 1 aliphatic heterocycles. The summed E-state index contributed by atoms with van der Waals surface area (Å²) in [6.07, 6.45) is 1.35. The number of halogens is 1. The van der Waals surface area contributed by atoms with Crippen LogP contribution in [0.2, 0.25) is 0 Å². The number of Topliss-reactive ketones (excluding diaryl/α,β-unsaturated/α-hetero) is 1. The molecule has 1 fully saturated rings. The number of ketones is 1. The first kappa shape index (κ1) is 22.9. The number of nitrogens with two attached hydrogens (primary N) is 1. The minimum Gasteiger partial charge on any atom is -0.494 e. The molecule has 29 heavy (non-hydrogen) atoms. The Morgan fingerprint density at radius 1 is 1.03 bits per heavy atom. The molecule has 156 valence electrons. The zero-order chi connectivity index (χ0) is 19.9. The van der Waals surface area contributed by atoms with Gasteiger partial charge >= 0.3 is 0 Å². The van der Waals surface area contributed by atoms with Crippen LogP contribution in [-0.2, 0) is 4.79 Å². The summed E-state index contributed by atoms with van der Waals surface area (Å²) in [6, 6.07) is 17.1. The largest absolute Gasteiger partial charge is 0.494 e. The maximum absolute atomic E-state index is 12.6. The van der Waals surface area contributed by atoms with E-state index in [-0.39, 0.29) is 48.9 Å². The number of likely N-dealkylation sites (tertiary alicyclic amines) is 1. The van der Waals surface area contributed by atoms with Crippen LogP contribution in [0.3, 0.4) is 0 Å². The highest BCUT2D eigenvalue weighted by Gasteiger charge is 2.33. The summed E-state index contributed by atoms with van der Waals surface area (Å²) in [5.41, 5.74) is 8.03. The van der Waals surface area contributed by atoms with E-state index in [9.17, 15) is 9.59 Å². The van der Waals surface area contributed by atoms with Crippen molar-refractivity contribution in [1.82, 2.24) is 4.90 Å². The fraction of sp³-hybridized carbons (Fsp3) is 0.391. The number of benzene rings is 2. The lowest BCUT2D eigenvalue weighted by molar-refractivity contribution is -0.130. The van der Waals surface area contributed by atoms with Crippen LogP contribution in [0, 0.1) is 0 Å². The highest BCUT2D eigenvalue weighted by atomic mass is 35.5. The third kappa shape index (κ3) is 6.05. The normalized spacial score (nSPS) is 18.2. The van der Waals surface area contributed by atoms with Gasteiger partial charge in [-0.2, -0.15) is 0 Å². The zero-order valence-electron chi connectivity index (χ0n) is 16.8. The number of nitrogens with zero attached hydrogens (tertiary/aromatic N) is 1. The van der Waals surface area contributed by atoms with Gasteiger partial charge in [-0.3, -0.25) is 9.59 Å². The van der Waals surface area contributed by atoms with Crippen molar-refractivity contribution in [2.24, 2.45) is 5.73 Å². The van der Waals surface area contributed by atoms with E-state index in [1.54, 1.807) is 29.2 Å². The van der Waals surface area contributed by atoms with Gasteiger partial charge in [0.2, 0.25) is 5.91 Å². The van der Waals surface area contributed by atoms with Crippen LogP contribution in [0.15, 0.2) is 54.6 Å². The molecule has 1 amide bonds. The third-order valence-corrected chi connectivity index (χ3v) is 5.16. The van der Waals surface area contributed by atoms with Gasteiger partial charge in [0.25, 0.3) is 0 Å². The van der Waals surface area contributed by atoms with Crippen LogP contribution in [0.25, 0.3) is 0 Å². The molecule has 2 aromatic carbocycles. The molecule has 3 rings (SSSR count). The van der Waals surface area contributed by atoms with Gasteiger partial charge in [-0.15, -0.1) is 12.4 Å². The van der Waals surface area contributed by atoms with E-state index in [0.717, 1.165) is 17.7 Å². The molecule has 5 nitrogen and oxygen atoms in total. The van der Waals surface area contributed by atoms with Crippen molar-refractivity contribution >= 4 is 24.1 Å². The topological polar surface area (TPSA) is 72.6 Å². The number of carbonyl (C=O) groups is 2. The first-order valence-electron chi connectivity index (χ1n) is 9.93. The summed E-state index contributed by atoms with van der Waals surface area (Å²) in [7, 11) is 0. The Balaban J connectivity index is 0.00000300. The second-order valence-corrected chi connectivity index (χ2v) is 7.28. The van der Waals surface area contributed by atoms with E-state index in [1.165, 1.54) is 0 Å². The molecule has 2 aromatic rings. The van der Waals surface area contributed by atoms with Crippen molar-refractivity contribution in [3.8, 4) is 5.75 Å². The number of carbonyl (C=O) groups excluding carboxylic acids is 2. The SMILES string of the molecule is CCCOc1ccc(C(=O)CCC(=O)N2C[C@@H](N)[C@H](c3ccccc3)C2)cc1.Cl. The van der Waals surface area contributed by atoms with E-state index in [1.807, 2.05) is 25.1 Å². The minimum absolute atomic E-state index is 0. The molecule has 1 aliphatic rings. The van der Waals surface area contributed by atoms with Crippen LogP contribution in [0.1, 0.15) is 48.0 Å². The number of rotatable bonds is 8. The summed E-state index contributed by atoms with van der Waals surface area (Å²) in [5.74, 6) is 0.868. The van der Waals surface area contributed by atoms with Gasteiger partial charge in [0, 0.05) is 43.5 Å². The van der Waals surface area contributed by atoms with E-state index < -0.39 is 0 Å². The van der Waals surface area contributed by atoms with Gasteiger partial charge in [-0.25, -0.2) is 0 Å². The fourth-order valence-corrected chi connectivity index (χ4v) is 3.57. The summed E-state index contributed by atoms with van der Waals surface area (Å²) in [6.45, 7) is 3.85. The van der Waals surface area contributed by atoms with E-state index >= 15 is 0 Å². The molecule has 0 aromatic heterocycles. The second kappa shape index (κ2) is 11.0. The average molecular weight is 417 g/mol. The minimum atomic E-state index is -0.0716. The van der Waals surface area contributed by atoms with Gasteiger partial charge in [0.05, 0.1) is 6.61 Å². The van der Waals surface area contributed by atoms with Gasteiger partial charge in [-0.05, 0) is 36.2 Å². The molecular formula is C23H29ClN2O3. The van der Waals surface area contributed by atoms with Gasteiger partial charge in [0.1, 0.15) is 5.75 Å². The Bertz CT molecular complexity index is 796. The van der Waals surface area contributed by atoms with Crippen LogP contribution in [-0.4, -0.2) is 42.3 Å². The molecule has 0 bridgehead atoms. The first-order valence-corrected chi connectivity index (χ1v) is 9.93. The van der Waals surface area contributed by atoms with Crippen LogP contribution < -0.4 is 10.5 Å². The van der Waals surface area contributed by atoms with Crippen molar-refractivity contribution < 1.29 is 14.3 Å². The Morgan fingerprint density at radius 3 is 2.38 bits per heavy atom. The first-order chi connectivity index (χ1) is 13.6. The monoisotopic (exact) mass is 416 g/mol. The van der Waals surface area contributed by atoms with Crippen molar-refractivity contribution in [2.75, 3.05) is 19.7 Å². The quantitative estimate of drug-likeness (QED) is 0.664. The van der Waals surface area contributed by atoms with Crippen LogP contribution in [0.5, 0.6) is 5.75 Å². The molecule has 0 saturated carbocycles. The van der Waals surface area contributed by atoms with Gasteiger partial charge < -0.3 is 15.4 Å². The molecule has 2 atom stereocenters. The molecule has 6 heteroatoms. The highest BCUT2D eigenvalue weighted by Crippen LogP contribution is 2.27. The Kier molecular flexibility index (Phi) is 8.68. The van der Waals surface area contributed by atoms with Crippen molar-refractivity contribution in [2.45, 2.75) is 38.1 Å². The molecule has 2 N–H and O–H groups in total. The summed E-state index contributed by atoms with van der Waals surface area (Å²) in [4.78, 5) is 26.8. The molecular weight excluding hydrogens is 388 g/mol. The molecule has 0 unspecified atom stereocenters. The summed E-state index contributed by atoms with van der Waals surface area (Å²) >= 11 is 0.